The van der Waals surface area contributed by atoms with Crippen molar-refractivity contribution in [2.75, 3.05) is 0 Å². The predicted octanol–water partition coefficient (Wildman–Crippen LogP) is 2.82. The van der Waals surface area contributed by atoms with Gasteiger partial charge in [0.15, 0.2) is 5.65 Å². The van der Waals surface area contributed by atoms with Crippen LogP contribution in [0, 0.1) is 6.92 Å². The van der Waals surface area contributed by atoms with Gasteiger partial charge in [0.2, 0.25) is 0 Å². The molecule has 0 aliphatic carbocycles. The van der Waals surface area contributed by atoms with Crippen LogP contribution in [0.25, 0.3) is 11.2 Å². The number of H-pyrrole nitrogens is 1. The van der Waals surface area contributed by atoms with Gasteiger partial charge in [-0.1, -0.05) is 22.0 Å². The number of benzene rings is 1. The van der Waals surface area contributed by atoms with Gasteiger partial charge in [-0.2, -0.15) is 0 Å². The number of halogens is 1. The Kier molecular flexibility index (Phi) is 3.88. The molecule has 0 atom stereocenters. The summed E-state index contributed by atoms with van der Waals surface area (Å²) in [6.07, 6.45) is 4.76. The van der Waals surface area contributed by atoms with Gasteiger partial charge in [0, 0.05) is 10.0 Å². The molecule has 2 aromatic heterocycles. The van der Waals surface area contributed by atoms with Gasteiger partial charge in [0.25, 0.3) is 0 Å². The lowest BCUT2D eigenvalue weighted by Gasteiger charge is -1.97. The van der Waals surface area contributed by atoms with E-state index in [-0.39, 0.29) is 0 Å². The molecule has 92 valence electrons. The number of nitrogens with one attached hydrogen (secondary N) is 1. The maximum Gasteiger partial charge on any atom is 0.180 e. The number of aromatic amines is 1. The van der Waals surface area contributed by atoms with Gasteiger partial charge in [0.1, 0.15) is 17.6 Å². The Hall–Kier alpha value is -1.95. The van der Waals surface area contributed by atoms with E-state index in [4.69, 9.17) is 5.11 Å². The number of nitrogens with zero attached hydrogens (tertiary/aromatic N) is 3. The average molecular weight is 307 g/mol. The van der Waals surface area contributed by atoms with Gasteiger partial charge in [-0.25, -0.2) is 15.0 Å². The van der Waals surface area contributed by atoms with E-state index >= 15 is 0 Å². The van der Waals surface area contributed by atoms with Crippen molar-refractivity contribution in [1.29, 1.82) is 0 Å². The molecule has 0 aliphatic heterocycles. The highest BCUT2D eigenvalue weighted by Crippen LogP contribution is 2.23. The van der Waals surface area contributed by atoms with Crippen LogP contribution in [0.1, 0.15) is 5.56 Å². The standard InChI is InChI=1S/C7H7BrO.C5H4N4/c1-5-6(8)3-2-4-7(5)9;1-4-5(8-2-6-1)9-3-7-4/h2-4,9H,1H3;1-3H,(H,6,7,8,9). The summed E-state index contributed by atoms with van der Waals surface area (Å²) in [7, 11) is 0. The summed E-state index contributed by atoms with van der Waals surface area (Å²) >= 11 is 3.29. The molecule has 0 amide bonds. The van der Waals surface area contributed by atoms with Gasteiger partial charge < -0.3 is 10.1 Å². The van der Waals surface area contributed by atoms with Crippen LogP contribution in [0.15, 0.2) is 41.5 Å². The molecular weight excluding hydrogens is 296 g/mol. The molecule has 6 heteroatoms. The third-order valence-corrected chi connectivity index (χ3v) is 3.20. The van der Waals surface area contributed by atoms with Crippen LogP contribution in [0.2, 0.25) is 0 Å². The first-order valence-corrected chi connectivity index (χ1v) is 6.01. The number of phenolic OH excluding ortho intramolecular Hbond substituents is 1. The zero-order chi connectivity index (χ0) is 13.0. The highest BCUT2D eigenvalue weighted by molar-refractivity contribution is 9.10. The lowest BCUT2D eigenvalue weighted by atomic mass is 10.2. The Bertz CT molecular complexity index is 603. The van der Waals surface area contributed by atoms with E-state index in [1.807, 2.05) is 13.0 Å². The number of imidazole rings is 1. The van der Waals surface area contributed by atoms with E-state index in [2.05, 4.69) is 35.9 Å². The third kappa shape index (κ3) is 2.84. The molecule has 3 rings (SSSR count). The first kappa shape index (κ1) is 12.5. The van der Waals surface area contributed by atoms with E-state index < -0.39 is 0 Å². The molecule has 0 saturated heterocycles. The highest BCUT2D eigenvalue weighted by atomic mass is 79.9. The minimum Gasteiger partial charge on any atom is -0.508 e. The molecule has 0 spiro atoms. The molecule has 2 heterocycles. The number of aromatic hydroxyl groups is 1. The van der Waals surface area contributed by atoms with Gasteiger partial charge in [0.05, 0.1) is 12.5 Å². The fourth-order valence-electron chi connectivity index (χ4n) is 1.29. The fourth-order valence-corrected chi connectivity index (χ4v) is 1.64. The largest absolute Gasteiger partial charge is 0.508 e. The molecule has 0 bridgehead atoms. The zero-order valence-electron chi connectivity index (χ0n) is 9.63. The molecule has 2 N–H and O–H groups in total. The molecule has 3 aromatic rings. The average Bonchev–Trinajstić information content (AvgIpc) is 2.85. The van der Waals surface area contributed by atoms with Crippen molar-refractivity contribution in [3.63, 3.8) is 0 Å². The first-order valence-electron chi connectivity index (χ1n) is 5.21. The normalized spacial score (nSPS) is 9.89. The van der Waals surface area contributed by atoms with Crippen molar-refractivity contribution in [2.45, 2.75) is 6.92 Å². The van der Waals surface area contributed by atoms with E-state index in [0.717, 1.165) is 15.6 Å². The molecule has 0 saturated carbocycles. The monoisotopic (exact) mass is 306 g/mol. The van der Waals surface area contributed by atoms with E-state index in [1.54, 1.807) is 24.7 Å². The predicted molar refractivity (Wildman–Crippen MR) is 72.2 cm³/mol. The summed E-state index contributed by atoms with van der Waals surface area (Å²) in [6.45, 7) is 1.86. The number of fused-ring (bicyclic) bond motifs is 1. The number of aromatic nitrogens is 4. The Labute approximate surface area is 112 Å². The topological polar surface area (TPSA) is 74.7 Å². The Balaban J connectivity index is 0.000000134. The highest BCUT2D eigenvalue weighted by Gasteiger charge is 1.96. The minimum absolute atomic E-state index is 0.337. The molecular formula is C12H11BrN4O. The minimum atomic E-state index is 0.337. The van der Waals surface area contributed by atoms with Crippen molar-refractivity contribution in [3.8, 4) is 5.75 Å². The van der Waals surface area contributed by atoms with Crippen LogP contribution in [-0.2, 0) is 0 Å². The first-order chi connectivity index (χ1) is 8.68. The SMILES string of the molecule is Cc1c(O)cccc1Br.c1ncc2[nH]cnc2n1. The number of hydrogen-bond acceptors (Lipinski definition) is 4. The van der Waals surface area contributed by atoms with Crippen LogP contribution in [-0.4, -0.2) is 25.0 Å². The Morgan fingerprint density at radius 2 is 2.11 bits per heavy atom. The van der Waals surface area contributed by atoms with Crippen LogP contribution in [0.4, 0.5) is 0 Å². The summed E-state index contributed by atoms with van der Waals surface area (Å²) in [5.41, 5.74) is 2.47. The summed E-state index contributed by atoms with van der Waals surface area (Å²) < 4.78 is 0.947. The van der Waals surface area contributed by atoms with E-state index in [0.29, 0.717) is 11.4 Å². The Morgan fingerprint density at radius 1 is 1.28 bits per heavy atom. The summed E-state index contributed by atoms with van der Waals surface area (Å²) in [6, 6.07) is 5.36. The smallest absolute Gasteiger partial charge is 0.180 e. The van der Waals surface area contributed by atoms with E-state index in [9.17, 15) is 0 Å². The van der Waals surface area contributed by atoms with Crippen molar-refractivity contribution in [1.82, 2.24) is 19.9 Å². The second-order valence-corrected chi connectivity index (χ2v) is 4.40. The second kappa shape index (κ2) is 5.59. The maximum absolute atomic E-state index is 9.07. The van der Waals surface area contributed by atoms with Crippen molar-refractivity contribution < 1.29 is 5.11 Å². The van der Waals surface area contributed by atoms with Crippen molar-refractivity contribution >= 4 is 27.1 Å². The molecule has 5 nitrogen and oxygen atoms in total. The summed E-state index contributed by atoms with van der Waals surface area (Å²) in [4.78, 5) is 14.5. The molecule has 0 radical (unpaired) electrons. The third-order valence-electron chi connectivity index (χ3n) is 2.34. The summed E-state index contributed by atoms with van der Waals surface area (Å²) in [5, 5.41) is 9.07. The zero-order valence-corrected chi connectivity index (χ0v) is 11.2. The second-order valence-electron chi connectivity index (χ2n) is 3.55. The Morgan fingerprint density at radius 3 is 2.78 bits per heavy atom. The maximum atomic E-state index is 9.07. The van der Waals surface area contributed by atoms with Gasteiger partial charge >= 0.3 is 0 Å². The van der Waals surface area contributed by atoms with Gasteiger partial charge in [-0.05, 0) is 19.1 Å². The van der Waals surface area contributed by atoms with Crippen LogP contribution in [0.3, 0.4) is 0 Å². The quantitative estimate of drug-likeness (QED) is 0.669. The van der Waals surface area contributed by atoms with Crippen molar-refractivity contribution in [3.05, 3.63) is 47.1 Å². The van der Waals surface area contributed by atoms with Gasteiger partial charge in [-0.3, -0.25) is 0 Å². The van der Waals surface area contributed by atoms with Crippen molar-refractivity contribution in [2.24, 2.45) is 0 Å². The molecule has 0 fully saturated rings. The number of hydrogen-bond donors (Lipinski definition) is 2. The van der Waals surface area contributed by atoms with Gasteiger partial charge in [-0.15, -0.1) is 0 Å². The lowest BCUT2D eigenvalue weighted by Crippen LogP contribution is -1.76. The van der Waals surface area contributed by atoms with E-state index in [1.165, 1.54) is 6.33 Å². The molecule has 0 aliphatic rings. The molecule has 1 aromatic carbocycles. The summed E-state index contributed by atoms with van der Waals surface area (Å²) in [5.74, 6) is 0.337. The number of rotatable bonds is 0. The molecule has 18 heavy (non-hydrogen) atoms. The van der Waals surface area contributed by atoms with Crippen LogP contribution < -0.4 is 0 Å². The lowest BCUT2D eigenvalue weighted by molar-refractivity contribution is 0.470. The fraction of sp³-hybridized carbons (Fsp3) is 0.0833. The van der Waals surface area contributed by atoms with Crippen LogP contribution >= 0.6 is 15.9 Å². The number of phenols is 1. The molecule has 0 unspecified atom stereocenters. The van der Waals surface area contributed by atoms with Crippen LogP contribution in [0.5, 0.6) is 5.75 Å².